The lowest BCUT2D eigenvalue weighted by atomic mass is 10.1. The molecule has 7 nitrogen and oxygen atoms in total. The van der Waals surface area contributed by atoms with Gasteiger partial charge in [0.1, 0.15) is 5.69 Å². The summed E-state index contributed by atoms with van der Waals surface area (Å²) in [5.41, 5.74) is 3.76. The zero-order valence-corrected chi connectivity index (χ0v) is 16.1. The molecule has 0 bridgehead atoms. The van der Waals surface area contributed by atoms with Gasteiger partial charge in [0.25, 0.3) is 11.8 Å². The van der Waals surface area contributed by atoms with Crippen molar-refractivity contribution in [2.75, 3.05) is 6.54 Å². The fourth-order valence-electron chi connectivity index (χ4n) is 3.44. The van der Waals surface area contributed by atoms with E-state index < -0.39 is 0 Å². The van der Waals surface area contributed by atoms with E-state index in [1.54, 1.807) is 16.8 Å². The highest BCUT2D eigenvalue weighted by atomic mass is 16.2. The third-order valence-electron chi connectivity index (χ3n) is 5.13. The number of benzene rings is 1. The summed E-state index contributed by atoms with van der Waals surface area (Å²) in [7, 11) is 0. The second-order valence-corrected chi connectivity index (χ2v) is 7.40. The Hall–Kier alpha value is -2.96. The largest absolute Gasteiger partial charge is 0.352 e. The van der Waals surface area contributed by atoms with E-state index in [0.29, 0.717) is 23.5 Å². The summed E-state index contributed by atoms with van der Waals surface area (Å²) < 4.78 is 1.69. The number of hydrogen-bond acceptors (Lipinski definition) is 4. The number of carbonyl (C=O) groups excluding carboxylic acids is 2. The van der Waals surface area contributed by atoms with Crippen molar-refractivity contribution >= 4 is 17.9 Å². The van der Waals surface area contributed by atoms with Gasteiger partial charge in [-0.05, 0) is 75.8 Å². The molecule has 2 aromatic rings. The number of carbonyl (C=O) groups is 2. The van der Waals surface area contributed by atoms with E-state index in [9.17, 15) is 9.59 Å². The Morgan fingerprint density at radius 3 is 2.50 bits per heavy atom. The molecule has 1 heterocycles. The maximum absolute atomic E-state index is 12.6. The molecule has 0 radical (unpaired) electrons. The van der Waals surface area contributed by atoms with Gasteiger partial charge in [-0.1, -0.05) is 10.8 Å². The van der Waals surface area contributed by atoms with Gasteiger partial charge >= 0.3 is 0 Å². The molecule has 2 fully saturated rings. The van der Waals surface area contributed by atoms with Crippen molar-refractivity contribution in [3.63, 3.8) is 0 Å². The van der Waals surface area contributed by atoms with Crippen LogP contribution in [0.3, 0.4) is 0 Å². The Labute approximate surface area is 164 Å². The van der Waals surface area contributed by atoms with Crippen LogP contribution in [0, 0.1) is 0 Å². The normalized spacial score (nSPS) is 16.1. The van der Waals surface area contributed by atoms with Crippen LogP contribution in [-0.2, 0) is 0 Å². The maximum atomic E-state index is 12.6. The molecule has 0 unspecified atom stereocenters. The van der Waals surface area contributed by atoms with Crippen LogP contribution in [0.4, 0.5) is 0 Å². The number of allylic oxidation sites excluding steroid dienone is 1. The molecule has 2 N–H and O–H groups in total. The molecule has 0 aliphatic heterocycles. The molecule has 7 heteroatoms. The lowest BCUT2D eigenvalue weighted by Crippen LogP contribution is -2.26. The van der Waals surface area contributed by atoms with Gasteiger partial charge < -0.3 is 10.6 Å². The Morgan fingerprint density at radius 2 is 1.86 bits per heavy atom. The number of nitrogens with one attached hydrogen (secondary N) is 2. The predicted molar refractivity (Wildman–Crippen MR) is 106 cm³/mol. The number of rotatable bonds is 6. The number of hydrogen-bond donors (Lipinski definition) is 2. The van der Waals surface area contributed by atoms with Crippen LogP contribution < -0.4 is 10.6 Å². The van der Waals surface area contributed by atoms with Gasteiger partial charge in [0.05, 0.1) is 5.69 Å². The van der Waals surface area contributed by atoms with Gasteiger partial charge in [-0.25, -0.2) is 4.68 Å². The van der Waals surface area contributed by atoms with Crippen molar-refractivity contribution in [2.24, 2.45) is 0 Å². The summed E-state index contributed by atoms with van der Waals surface area (Å²) in [6.45, 7) is 2.47. The molecule has 2 aliphatic carbocycles. The van der Waals surface area contributed by atoms with Crippen molar-refractivity contribution < 1.29 is 9.59 Å². The van der Waals surface area contributed by atoms with Crippen molar-refractivity contribution in [3.05, 3.63) is 46.8 Å². The molecule has 4 rings (SSSR count). The van der Waals surface area contributed by atoms with Crippen LogP contribution in [0.1, 0.15) is 72.0 Å². The first-order valence-corrected chi connectivity index (χ1v) is 10.0. The van der Waals surface area contributed by atoms with Crippen molar-refractivity contribution in [1.82, 2.24) is 25.6 Å². The van der Waals surface area contributed by atoms with Gasteiger partial charge in [0, 0.05) is 18.2 Å². The SMILES string of the molecule is CCNC(=O)c1ccc(-n2nnc(C(=O)NC3CC3)c2C=C2CCCC2)cc1. The number of aromatic nitrogens is 3. The third-order valence-corrected chi connectivity index (χ3v) is 5.13. The van der Waals surface area contributed by atoms with E-state index in [0.717, 1.165) is 31.4 Å². The molecule has 2 saturated carbocycles. The van der Waals surface area contributed by atoms with Gasteiger partial charge in [-0.2, -0.15) is 0 Å². The third kappa shape index (κ3) is 3.98. The molecule has 0 saturated heterocycles. The molecular weight excluding hydrogens is 354 g/mol. The number of amides is 2. The Balaban J connectivity index is 1.67. The van der Waals surface area contributed by atoms with Gasteiger partial charge in [-0.15, -0.1) is 5.10 Å². The van der Waals surface area contributed by atoms with Crippen molar-refractivity contribution in [2.45, 2.75) is 51.5 Å². The van der Waals surface area contributed by atoms with Crippen LogP contribution in [0.25, 0.3) is 11.8 Å². The highest BCUT2D eigenvalue weighted by Crippen LogP contribution is 2.28. The number of nitrogens with zero attached hydrogens (tertiary/aromatic N) is 3. The fourth-order valence-corrected chi connectivity index (χ4v) is 3.44. The van der Waals surface area contributed by atoms with E-state index in [-0.39, 0.29) is 17.9 Å². The van der Waals surface area contributed by atoms with E-state index in [1.807, 2.05) is 19.1 Å². The van der Waals surface area contributed by atoms with Crippen LogP contribution in [-0.4, -0.2) is 39.4 Å². The zero-order chi connectivity index (χ0) is 19.5. The molecule has 1 aromatic heterocycles. The van der Waals surface area contributed by atoms with Crippen molar-refractivity contribution in [1.29, 1.82) is 0 Å². The predicted octanol–water partition coefficient (Wildman–Crippen LogP) is 2.87. The Kier molecular flexibility index (Phi) is 5.23. The van der Waals surface area contributed by atoms with Gasteiger partial charge in [0.2, 0.25) is 0 Å². The molecule has 2 aliphatic rings. The Morgan fingerprint density at radius 1 is 1.14 bits per heavy atom. The first-order chi connectivity index (χ1) is 13.7. The summed E-state index contributed by atoms with van der Waals surface area (Å²) in [4.78, 5) is 24.6. The van der Waals surface area contributed by atoms with Crippen LogP contribution in [0.2, 0.25) is 0 Å². The van der Waals surface area contributed by atoms with Crippen molar-refractivity contribution in [3.8, 4) is 5.69 Å². The molecule has 0 spiro atoms. The molecule has 1 aromatic carbocycles. The first kappa shape index (κ1) is 18.4. The lowest BCUT2D eigenvalue weighted by Gasteiger charge is -2.08. The average molecular weight is 379 g/mol. The summed E-state index contributed by atoms with van der Waals surface area (Å²) >= 11 is 0. The van der Waals surface area contributed by atoms with E-state index in [4.69, 9.17) is 0 Å². The second-order valence-electron chi connectivity index (χ2n) is 7.40. The summed E-state index contributed by atoms with van der Waals surface area (Å²) in [5.74, 6) is -0.275. The maximum Gasteiger partial charge on any atom is 0.274 e. The minimum Gasteiger partial charge on any atom is -0.352 e. The highest BCUT2D eigenvalue weighted by Gasteiger charge is 2.27. The monoisotopic (exact) mass is 379 g/mol. The first-order valence-electron chi connectivity index (χ1n) is 10.0. The molecule has 0 atom stereocenters. The van der Waals surface area contributed by atoms with Crippen LogP contribution >= 0.6 is 0 Å². The van der Waals surface area contributed by atoms with Crippen LogP contribution in [0.15, 0.2) is 29.8 Å². The smallest absolute Gasteiger partial charge is 0.274 e. The van der Waals surface area contributed by atoms with E-state index in [1.165, 1.54) is 18.4 Å². The molecule has 146 valence electrons. The average Bonchev–Trinajstić information content (AvgIpc) is 3.18. The summed E-state index contributed by atoms with van der Waals surface area (Å²) in [5, 5.41) is 14.2. The van der Waals surface area contributed by atoms with E-state index >= 15 is 0 Å². The minimum atomic E-state index is -0.169. The lowest BCUT2D eigenvalue weighted by molar-refractivity contribution is 0.0941. The Bertz CT molecular complexity index is 901. The van der Waals surface area contributed by atoms with Crippen LogP contribution in [0.5, 0.6) is 0 Å². The second kappa shape index (κ2) is 7.96. The fraction of sp³-hybridized carbons (Fsp3) is 0.429. The molecule has 2 amide bonds. The highest BCUT2D eigenvalue weighted by molar-refractivity contribution is 5.96. The van der Waals surface area contributed by atoms with Gasteiger partial charge in [0.15, 0.2) is 5.69 Å². The van der Waals surface area contributed by atoms with Gasteiger partial charge in [-0.3, -0.25) is 9.59 Å². The topological polar surface area (TPSA) is 88.9 Å². The summed E-state index contributed by atoms with van der Waals surface area (Å²) in [6.07, 6.45) is 8.56. The van der Waals surface area contributed by atoms with E-state index in [2.05, 4.69) is 27.0 Å². The summed E-state index contributed by atoms with van der Waals surface area (Å²) in [6, 6.07) is 7.45. The standard InChI is InChI=1S/C21H25N5O2/c1-2-22-20(27)15-7-11-17(12-8-15)26-18(13-14-5-3-4-6-14)19(24-25-26)21(28)23-16-9-10-16/h7-8,11-13,16H,2-6,9-10H2,1H3,(H,22,27)(H,23,28). The molecular formula is C21H25N5O2. The molecule has 28 heavy (non-hydrogen) atoms. The zero-order valence-electron chi connectivity index (χ0n) is 16.1. The minimum absolute atomic E-state index is 0.106. The quantitative estimate of drug-likeness (QED) is 0.808.